The van der Waals surface area contributed by atoms with Crippen LogP contribution >= 0.6 is 0 Å². The number of rotatable bonds is 6. The number of hydrogen-bond donors (Lipinski definition) is 1. The summed E-state index contributed by atoms with van der Waals surface area (Å²) in [5.74, 6) is 5.53. The van der Waals surface area contributed by atoms with Gasteiger partial charge in [-0.2, -0.15) is 0 Å². The molecular formula is C30H52O. The lowest BCUT2D eigenvalue weighted by molar-refractivity contribution is -0.0779. The molecule has 0 aromatic rings. The normalized spacial score (nSPS) is 44.6. The van der Waals surface area contributed by atoms with Crippen LogP contribution in [0, 0.1) is 52.3 Å². The summed E-state index contributed by atoms with van der Waals surface area (Å²) < 4.78 is 0. The summed E-state index contributed by atoms with van der Waals surface area (Å²) in [4.78, 5) is 0. The summed E-state index contributed by atoms with van der Waals surface area (Å²) in [7, 11) is 0. The first kappa shape index (κ1) is 23.8. The zero-order chi connectivity index (χ0) is 22.6. The van der Waals surface area contributed by atoms with Crippen molar-refractivity contribution >= 4 is 0 Å². The van der Waals surface area contributed by atoms with Crippen molar-refractivity contribution in [1.29, 1.82) is 0 Å². The molecule has 3 saturated carbocycles. The van der Waals surface area contributed by atoms with Crippen LogP contribution in [-0.4, -0.2) is 11.2 Å². The van der Waals surface area contributed by atoms with Gasteiger partial charge in [0.05, 0.1) is 6.10 Å². The Kier molecular flexibility index (Phi) is 6.78. The van der Waals surface area contributed by atoms with Crippen LogP contribution in [-0.2, 0) is 0 Å². The van der Waals surface area contributed by atoms with Gasteiger partial charge in [-0.15, -0.1) is 0 Å². The van der Waals surface area contributed by atoms with Gasteiger partial charge in [0.1, 0.15) is 0 Å². The molecule has 0 amide bonds. The molecule has 1 heteroatoms. The number of aliphatic hydroxyl groups is 1. The zero-order valence-corrected chi connectivity index (χ0v) is 21.8. The van der Waals surface area contributed by atoms with Gasteiger partial charge in [-0.25, -0.2) is 0 Å². The maximum atomic E-state index is 10.5. The smallest absolute Gasteiger partial charge is 0.0568 e. The molecule has 31 heavy (non-hydrogen) atoms. The van der Waals surface area contributed by atoms with Crippen LogP contribution < -0.4 is 0 Å². The van der Waals surface area contributed by atoms with E-state index in [1.165, 1.54) is 64.2 Å². The highest BCUT2D eigenvalue weighted by Crippen LogP contribution is 2.66. The molecule has 0 saturated heterocycles. The maximum absolute atomic E-state index is 10.5. The van der Waals surface area contributed by atoms with Gasteiger partial charge in [-0.3, -0.25) is 0 Å². The maximum Gasteiger partial charge on any atom is 0.0568 e. The van der Waals surface area contributed by atoms with Crippen molar-refractivity contribution in [3.05, 3.63) is 11.1 Å². The van der Waals surface area contributed by atoms with E-state index in [1.54, 1.807) is 0 Å². The fourth-order valence-electron chi connectivity index (χ4n) is 9.58. The molecule has 0 bridgehead atoms. The Morgan fingerprint density at radius 2 is 1.71 bits per heavy atom. The van der Waals surface area contributed by atoms with Crippen molar-refractivity contribution in [2.75, 3.05) is 0 Å². The molecule has 178 valence electrons. The second-order valence-electron chi connectivity index (χ2n) is 13.2. The highest BCUT2D eigenvalue weighted by Gasteiger charge is 2.57. The highest BCUT2D eigenvalue weighted by atomic mass is 16.3. The minimum Gasteiger partial charge on any atom is -0.393 e. The van der Waals surface area contributed by atoms with Crippen LogP contribution in [0.25, 0.3) is 0 Å². The van der Waals surface area contributed by atoms with Gasteiger partial charge in [-0.1, -0.05) is 72.5 Å². The Labute approximate surface area is 193 Å². The summed E-state index contributed by atoms with van der Waals surface area (Å²) in [5.41, 5.74) is 4.76. The van der Waals surface area contributed by atoms with E-state index in [-0.39, 0.29) is 6.10 Å². The average Bonchev–Trinajstić information content (AvgIpc) is 3.08. The SMILES string of the molecule is CCC(CCC(C)C1CCC2=C3CCC4C(C)C(O)CCC4(C)C3CCC21C)C(C)C. The lowest BCUT2D eigenvalue weighted by Crippen LogP contribution is -2.51. The molecule has 0 aromatic carbocycles. The van der Waals surface area contributed by atoms with Crippen molar-refractivity contribution in [1.82, 2.24) is 0 Å². The third-order valence-corrected chi connectivity index (χ3v) is 11.7. The van der Waals surface area contributed by atoms with Crippen molar-refractivity contribution in [3.63, 3.8) is 0 Å². The van der Waals surface area contributed by atoms with Crippen molar-refractivity contribution < 1.29 is 5.11 Å². The third-order valence-electron chi connectivity index (χ3n) is 11.7. The van der Waals surface area contributed by atoms with Gasteiger partial charge in [0.15, 0.2) is 0 Å². The topological polar surface area (TPSA) is 20.2 Å². The van der Waals surface area contributed by atoms with Crippen LogP contribution in [0.15, 0.2) is 11.1 Å². The molecule has 3 fully saturated rings. The summed E-state index contributed by atoms with van der Waals surface area (Å²) in [6, 6.07) is 0. The van der Waals surface area contributed by atoms with Gasteiger partial charge in [-0.05, 0) is 110 Å². The van der Waals surface area contributed by atoms with Crippen LogP contribution in [0.4, 0.5) is 0 Å². The number of hydrogen-bond acceptors (Lipinski definition) is 1. The summed E-state index contributed by atoms with van der Waals surface area (Å²) in [6.07, 6.45) is 14.7. The van der Waals surface area contributed by atoms with Gasteiger partial charge in [0, 0.05) is 0 Å². The molecule has 4 rings (SSSR count). The van der Waals surface area contributed by atoms with Gasteiger partial charge < -0.3 is 5.11 Å². The fourth-order valence-corrected chi connectivity index (χ4v) is 9.58. The van der Waals surface area contributed by atoms with E-state index in [1.807, 2.05) is 11.1 Å². The van der Waals surface area contributed by atoms with E-state index in [2.05, 4.69) is 48.5 Å². The quantitative estimate of drug-likeness (QED) is 0.421. The minimum atomic E-state index is -0.0596. The monoisotopic (exact) mass is 428 g/mol. The standard InChI is InChI=1S/C30H52O/c1-8-22(19(2)3)10-9-20(4)24-13-14-26-23-11-12-25-21(5)28(31)16-18-30(25,7)27(23)15-17-29(24,26)6/h19-22,24-25,27-28,31H,8-18H2,1-7H3. The largest absolute Gasteiger partial charge is 0.393 e. The summed E-state index contributed by atoms with van der Waals surface area (Å²) in [6.45, 7) is 17.4. The van der Waals surface area contributed by atoms with Crippen LogP contribution in [0.1, 0.15) is 119 Å². The predicted octanol–water partition coefficient (Wildman–Crippen LogP) is 8.41. The zero-order valence-electron chi connectivity index (χ0n) is 21.8. The summed E-state index contributed by atoms with van der Waals surface area (Å²) in [5, 5.41) is 10.5. The summed E-state index contributed by atoms with van der Waals surface area (Å²) >= 11 is 0. The molecule has 1 N–H and O–H groups in total. The Morgan fingerprint density at radius 1 is 0.968 bits per heavy atom. The van der Waals surface area contributed by atoms with E-state index < -0.39 is 0 Å². The first-order valence-corrected chi connectivity index (χ1v) is 14.0. The molecule has 0 aromatic heterocycles. The minimum absolute atomic E-state index is 0.0596. The molecular weight excluding hydrogens is 376 g/mol. The second kappa shape index (κ2) is 8.81. The molecule has 0 heterocycles. The lowest BCUT2D eigenvalue weighted by atomic mass is 9.47. The van der Waals surface area contributed by atoms with E-state index in [9.17, 15) is 5.11 Å². The molecule has 9 atom stereocenters. The van der Waals surface area contributed by atoms with Crippen LogP contribution in [0.5, 0.6) is 0 Å². The Hall–Kier alpha value is -0.300. The van der Waals surface area contributed by atoms with E-state index in [0.29, 0.717) is 16.7 Å². The highest BCUT2D eigenvalue weighted by molar-refractivity contribution is 5.35. The van der Waals surface area contributed by atoms with E-state index in [4.69, 9.17) is 0 Å². The molecule has 4 aliphatic rings. The van der Waals surface area contributed by atoms with E-state index >= 15 is 0 Å². The molecule has 0 aliphatic heterocycles. The third kappa shape index (κ3) is 3.87. The number of aliphatic hydroxyl groups excluding tert-OH is 1. The fraction of sp³-hybridized carbons (Fsp3) is 0.933. The first-order valence-electron chi connectivity index (χ1n) is 14.0. The van der Waals surface area contributed by atoms with Gasteiger partial charge in [0.2, 0.25) is 0 Å². The number of allylic oxidation sites excluding steroid dienone is 2. The van der Waals surface area contributed by atoms with Crippen molar-refractivity contribution in [2.45, 2.75) is 125 Å². The first-order chi connectivity index (χ1) is 14.6. The molecule has 1 nitrogen and oxygen atoms in total. The lowest BCUT2D eigenvalue weighted by Gasteiger charge is -2.58. The Bertz CT molecular complexity index is 676. The molecule has 9 unspecified atom stereocenters. The van der Waals surface area contributed by atoms with Gasteiger partial charge >= 0.3 is 0 Å². The van der Waals surface area contributed by atoms with Crippen LogP contribution in [0.3, 0.4) is 0 Å². The molecule has 0 spiro atoms. The Morgan fingerprint density at radius 3 is 2.39 bits per heavy atom. The predicted molar refractivity (Wildman–Crippen MR) is 133 cm³/mol. The van der Waals surface area contributed by atoms with Crippen molar-refractivity contribution in [2.24, 2.45) is 52.3 Å². The Balaban J connectivity index is 1.53. The number of fused-ring (bicyclic) bond motifs is 4. The average molecular weight is 429 g/mol. The second-order valence-corrected chi connectivity index (χ2v) is 13.2. The molecule has 0 radical (unpaired) electrons. The van der Waals surface area contributed by atoms with Crippen molar-refractivity contribution in [3.8, 4) is 0 Å². The molecule has 4 aliphatic carbocycles. The van der Waals surface area contributed by atoms with Gasteiger partial charge in [0.25, 0.3) is 0 Å². The van der Waals surface area contributed by atoms with Crippen LogP contribution in [0.2, 0.25) is 0 Å². The van der Waals surface area contributed by atoms with E-state index in [0.717, 1.165) is 41.9 Å².